The van der Waals surface area contributed by atoms with Gasteiger partial charge in [0.05, 0.1) is 5.54 Å². The maximum Gasteiger partial charge on any atom is 0.217 e. The van der Waals surface area contributed by atoms with E-state index < -0.39 is 5.54 Å². The van der Waals surface area contributed by atoms with Crippen LogP contribution in [0.15, 0.2) is 4.99 Å². The lowest BCUT2D eigenvalue weighted by molar-refractivity contribution is -0.562. The van der Waals surface area contributed by atoms with Crippen LogP contribution in [0.1, 0.15) is 41.0 Å². The molecule has 0 saturated heterocycles. The van der Waals surface area contributed by atoms with E-state index >= 15 is 0 Å². The summed E-state index contributed by atoms with van der Waals surface area (Å²) in [4.78, 5) is 15.0. The van der Waals surface area contributed by atoms with Gasteiger partial charge in [0, 0.05) is 31.1 Å². The first-order valence-corrected chi connectivity index (χ1v) is 5.51. The van der Waals surface area contributed by atoms with Gasteiger partial charge in [0.2, 0.25) is 5.54 Å². The van der Waals surface area contributed by atoms with E-state index in [-0.39, 0.29) is 16.4 Å². The van der Waals surface area contributed by atoms with Crippen molar-refractivity contribution < 1.29 is 9.66 Å². The maximum atomic E-state index is 10.8. The van der Waals surface area contributed by atoms with Gasteiger partial charge in [0.25, 0.3) is 0 Å². The number of ether oxygens (including phenoxy) is 1. The maximum absolute atomic E-state index is 10.8. The minimum atomic E-state index is -0.933. The third-order valence-electron chi connectivity index (χ3n) is 2.71. The summed E-state index contributed by atoms with van der Waals surface area (Å²) in [5, 5.41) is 10.8. The first kappa shape index (κ1) is 12.9. The van der Waals surface area contributed by atoms with Gasteiger partial charge in [-0.3, -0.25) is 10.1 Å². The van der Waals surface area contributed by atoms with E-state index in [4.69, 9.17) is 4.74 Å². The zero-order valence-corrected chi connectivity index (χ0v) is 10.6. The summed E-state index contributed by atoms with van der Waals surface area (Å²) in [6, 6.07) is 0. The van der Waals surface area contributed by atoms with Crippen molar-refractivity contribution in [3.8, 4) is 0 Å². The molecule has 0 aromatic rings. The molecule has 0 amide bonds. The molecule has 1 aliphatic heterocycles. The molecule has 0 aromatic heterocycles. The number of nitrogens with zero attached hydrogens (tertiary/aromatic N) is 2. The molecule has 5 nitrogen and oxygen atoms in total. The topological polar surface area (TPSA) is 64.7 Å². The van der Waals surface area contributed by atoms with E-state index in [0.717, 1.165) is 0 Å². The lowest BCUT2D eigenvalue weighted by atomic mass is 9.92. The van der Waals surface area contributed by atoms with Crippen LogP contribution in [0, 0.1) is 16.0 Å². The van der Waals surface area contributed by atoms with Crippen LogP contribution in [0.2, 0.25) is 0 Å². The van der Waals surface area contributed by atoms with Gasteiger partial charge in [-0.25, -0.2) is 4.99 Å². The Hall–Kier alpha value is -1.13. The molecule has 0 saturated carbocycles. The molecule has 1 heterocycles. The van der Waals surface area contributed by atoms with Crippen molar-refractivity contribution in [3.05, 3.63) is 10.1 Å². The van der Waals surface area contributed by atoms with E-state index in [9.17, 15) is 10.1 Å². The molecule has 1 unspecified atom stereocenters. The summed E-state index contributed by atoms with van der Waals surface area (Å²) in [5.41, 5.74) is -1.12. The molecule has 1 atom stereocenters. The van der Waals surface area contributed by atoms with Gasteiger partial charge in [0.1, 0.15) is 6.61 Å². The van der Waals surface area contributed by atoms with E-state index in [0.29, 0.717) is 18.9 Å². The monoisotopic (exact) mass is 228 g/mol. The van der Waals surface area contributed by atoms with Crippen LogP contribution in [-0.4, -0.2) is 28.5 Å². The number of aliphatic imine (C=N–C) groups is 1. The van der Waals surface area contributed by atoms with Crippen LogP contribution in [0.3, 0.4) is 0 Å². The molecule has 0 bridgehead atoms. The highest BCUT2D eigenvalue weighted by Gasteiger charge is 2.37. The van der Waals surface area contributed by atoms with Gasteiger partial charge in [-0.05, 0) is 13.8 Å². The van der Waals surface area contributed by atoms with Crippen molar-refractivity contribution in [2.24, 2.45) is 10.9 Å². The van der Waals surface area contributed by atoms with Gasteiger partial charge in [-0.2, -0.15) is 0 Å². The Morgan fingerprint density at radius 3 is 2.56 bits per heavy atom. The Kier molecular flexibility index (Phi) is 3.26. The Bertz CT molecular complexity index is 321. The first-order valence-electron chi connectivity index (χ1n) is 5.51. The molecule has 1 aliphatic rings. The smallest absolute Gasteiger partial charge is 0.217 e. The average Bonchev–Trinajstić information content (AvgIpc) is 2.45. The Labute approximate surface area is 96.0 Å². The normalized spacial score (nSPS) is 21.2. The van der Waals surface area contributed by atoms with E-state index in [1.165, 1.54) is 0 Å². The highest BCUT2D eigenvalue weighted by molar-refractivity contribution is 5.80. The van der Waals surface area contributed by atoms with Crippen LogP contribution >= 0.6 is 0 Å². The van der Waals surface area contributed by atoms with Gasteiger partial charge in [-0.15, -0.1) is 0 Å². The molecular weight excluding hydrogens is 208 g/mol. The molecule has 0 N–H and O–H groups in total. The van der Waals surface area contributed by atoms with Crippen LogP contribution in [0.4, 0.5) is 0 Å². The fourth-order valence-electron chi connectivity index (χ4n) is 1.78. The number of nitro groups is 1. The van der Waals surface area contributed by atoms with Crippen molar-refractivity contribution in [3.63, 3.8) is 0 Å². The summed E-state index contributed by atoms with van der Waals surface area (Å²) >= 11 is 0. The number of hydrogen-bond donors (Lipinski definition) is 0. The SMILES string of the molecule is CC(CC(C)(C)[N+](=O)[O-])C1=NC(C)(C)CO1. The second kappa shape index (κ2) is 4.03. The number of hydrogen-bond acceptors (Lipinski definition) is 4. The summed E-state index contributed by atoms with van der Waals surface area (Å²) in [7, 11) is 0. The largest absolute Gasteiger partial charge is 0.478 e. The molecule has 16 heavy (non-hydrogen) atoms. The molecule has 0 aromatic carbocycles. The standard InChI is InChI=1S/C11H20N2O3/c1-8(6-11(4,5)13(14)15)9-12-10(2,3)7-16-9/h8H,6-7H2,1-5H3. The minimum absolute atomic E-state index is 0.0119. The molecule has 0 fully saturated rings. The highest BCUT2D eigenvalue weighted by atomic mass is 16.6. The van der Waals surface area contributed by atoms with Crippen molar-refractivity contribution >= 4 is 5.90 Å². The Balaban J connectivity index is 2.67. The molecular formula is C11H20N2O3. The minimum Gasteiger partial charge on any atom is -0.478 e. The second-order valence-electron chi connectivity index (χ2n) is 5.73. The summed E-state index contributed by atoms with van der Waals surface area (Å²) in [6.45, 7) is 9.72. The molecule has 5 heteroatoms. The average molecular weight is 228 g/mol. The molecule has 0 spiro atoms. The summed E-state index contributed by atoms with van der Waals surface area (Å²) in [6.07, 6.45) is 0.439. The van der Waals surface area contributed by atoms with Crippen LogP contribution in [0.5, 0.6) is 0 Å². The molecule has 92 valence electrons. The van der Waals surface area contributed by atoms with Crippen molar-refractivity contribution in [2.75, 3.05) is 6.61 Å². The fraction of sp³-hybridized carbons (Fsp3) is 0.909. The van der Waals surface area contributed by atoms with E-state index in [1.807, 2.05) is 20.8 Å². The van der Waals surface area contributed by atoms with Crippen LogP contribution < -0.4 is 0 Å². The molecule has 0 radical (unpaired) electrons. The van der Waals surface area contributed by atoms with E-state index in [2.05, 4.69) is 4.99 Å². The van der Waals surface area contributed by atoms with Crippen LogP contribution in [-0.2, 0) is 4.74 Å². The highest BCUT2D eigenvalue weighted by Crippen LogP contribution is 2.26. The predicted octanol–water partition coefficient (Wildman–Crippen LogP) is 2.28. The van der Waals surface area contributed by atoms with Crippen molar-refractivity contribution in [1.29, 1.82) is 0 Å². The van der Waals surface area contributed by atoms with E-state index in [1.54, 1.807) is 13.8 Å². The molecule has 0 aliphatic carbocycles. The van der Waals surface area contributed by atoms with Crippen LogP contribution in [0.25, 0.3) is 0 Å². The summed E-state index contributed by atoms with van der Waals surface area (Å²) < 4.78 is 5.48. The third kappa shape index (κ3) is 2.93. The lowest BCUT2D eigenvalue weighted by Gasteiger charge is -2.19. The Morgan fingerprint density at radius 2 is 2.19 bits per heavy atom. The van der Waals surface area contributed by atoms with Crippen molar-refractivity contribution in [2.45, 2.75) is 52.1 Å². The quantitative estimate of drug-likeness (QED) is 0.547. The van der Waals surface area contributed by atoms with Gasteiger partial charge < -0.3 is 4.74 Å². The number of rotatable bonds is 4. The fourth-order valence-corrected chi connectivity index (χ4v) is 1.78. The zero-order chi connectivity index (χ0) is 12.6. The van der Waals surface area contributed by atoms with Gasteiger partial charge in [-0.1, -0.05) is 6.92 Å². The third-order valence-corrected chi connectivity index (χ3v) is 2.71. The van der Waals surface area contributed by atoms with Gasteiger partial charge >= 0.3 is 0 Å². The Morgan fingerprint density at radius 1 is 1.62 bits per heavy atom. The predicted molar refractivity (Wildman–Crippen MR) is 62.3 cm³/mol. The van der Waals surface area contributed by atoms with Crippen molar-refractivity contribution in [1.82, 2.24) is 0 Å². The second-order valence-corrected chi connectivity index (χ2v) is 5.73. The molecule has 1 rings (SSSR count). The van der Waals surface area contributed by atoms with Gasteiger partial charge in [0.15, 0.2) is 5.90 Å². The lowest BCUT2D eigenvalue weighted by Crippen LogP contribution is -2.34. The first-order chi connectivity index (χ1) is 7.14. The zero-order valence-electron chi connectivity index (χ0n) is 10.6. The summed E-state index contributed by atoms with van der Waals surface area (Å²) in [5.74, 6) is 0.641.